The van der Waals surface area contributed by atoms with Crippen LogP contribution in [-0.4, -0.2) is 19.3 Å². The number of ether oxygens (including phenoxy) is 1. The first-order chi connectivity index (χ1) is 9.22. The summed E-state index contributed by atoms with van der Waals surface area (Å²) < 4.78 is 5.07. The van der Waals surface area contributed by atoms with Crippen molar-refractivity contribution in [2.24, 2.45) is 0 Å². The van der Waals surface area contributed by atoms with Crippen molar-refractivity contribution >= 4 is 23.4 Å². The molecule has 0 atom stereocenters. The second-order valence-corrected chi connectivity index (χ2v) is 4.79. The minimum Gasteiger partial charge on any atom is -0.497 e. The first kappa shape index (κ1) is 13.5. The van der Waals surface area contributed by atoms with Gasteiger partial charge in [0.1, 0.15) is 5.75 Å². The van der Waals surface area contributed by atoms with Crippen LogP contribution in [0.1, 0.15) is 10.4 Å². The molecule has 0 aromatic heterocycles. The van der Waals surface area contributed by atoms with Crippen molar-refractivity contribution in [3.8, 4) is 5.75 Å². The fraction of sp³-hybridized carbons (Fsp3) is 0.133. The summed E-state index contributed by atoms with van der Waals surface area (Å²) in [4.78, 5) is 13.2. The Morgan fingerprint density at radius 3 is 2.21 bits per heavy atom. The molecule has 0 aliphatic rings. The van der Waals surface area contributed by atoms with E-state index in [1.54, 1.807) is 18.9 Å². The first-order valence-electron chi connectivity index (χ1n) is 5.82. The molecule has 0 bridgehead atoms. The first-order valence-corrected chi connectivity index (χ1v) is 7.05. The van der Waals surface area contributed by atoms with Crippen LogP contribution in [0.3, 0.4) is 0 Å². The Morgan fingerprint density at radius 2 is 1.68 bits per heavy atom. The summed E-state index contributed by atoms with van der Waals surface area (Å²) in [5.41, 5.74) is 1.40. The smallest absolute Gasteiger partial charge is 0.255 e. The third-order valence-electron chi connectivity index (χ3n) is 2.70. The van der Waals surface area contributed by atoms with Crippen molar-refractivity contribution in [1.82, 2.24) is 0 Å². The number of hydrogen-bond donors (Lipinski definition) is 1. The third-order valence-corrected chi connectivity index (χ3v) is 3.44. The van der Waals surface area contributed by atoms with Gasteiger partial charge in [0, 0.05) is 16.1 Å². The van der Waals surface area contributed by atoms with Crippen LogP contribution in [-0.2, 0) is 0 Å². The lowest BCUT2D eigenvalue weighted by Crippen LogP contribution is -2.11. The van der Waals surface area contributed by atoms with E-state index in [9.17, 15) is 4.79 Å². The van der Waals surface area contributed by atoms with Gasteiger partial charge in [0.25, 0.3) is 5.91 Å². The van der Waals surface area contributed by atoms with Crippen LogP contribution in [0.5, 0.6) is 5.75 Å². The number of carbonyl (C=O) groups excluding carboxylic acids is 1. The quantitative estimate of drug-likeness (QED) is 0.864. The molecule has 0 fully saturated rings. The summed E-state index contributed by atoms with van der Waals surface area (Å²) in [5, 5.41) is 2.85. The van der Waals surface area contributed by atoms with Gasteiger partial charge in [-0.15, -0.1) is 11.8 Å². The fourth-order valence-corrected chi connectivity index (χ4v) is 2.03. The molecule has 0 saturated heterocycles. The number of benzene rings is 2. The average Bonchev–Trinajstić information content (AvgIpc) is 2.48. The highest BCUT2D eigenvalue weighted by Gasteiger charge is 2.05. The van der Waals surface area contributed by atoms with Crippen LogP contribution in [0.15, 0.2) is 53.4 Å². The Bertz CT molecular complexity index is 549. The van der Waals surface area contributed by atoms with Crippen LogP contribution in [0, 0.1) is 0 Å². The van der Waals surface area contributed by atoms with Gasteiger partial charge in [-0.2, -0.15) is 0 Å². The van der Waals surface area contributed by atoms with Crippen molar-refractivity contribution in [3.63, 3.8) is 0 Å². The van der Waals surface area contributed by atoms with Crippen molar-refractivity contribution < 1.29 is 9.53 Å². The van der Waals surface area contributed by atoms with Gasteiger partial charge in [-0.05, 0) is 54.8 Å². The molecular formula is C15H15NO2S. The molecule has 1 N–H and O–H groups in total. The molecule has 98 valence electrons. The van der Waals surface area contributed by atoms with Crippen molar-refractivity contribution in [1.29, 1.82) is 0 Å². The molecule has 2 aromatic rings. The van der Waals surface area contributed by atoms with Gasteiger partial charge in [0.05, 0.1) is 7.11 Å². The number of hydrogen-bond acceptors (Lipinski definition) is 3. The van der Waals surface area contributed by atoms with Crippen molar-refractivity contribution in [3.05, 3.63) is 54.1 Å². The molecule has 19 heavy (non-hydrogen) atoms. The molecule has 4 heteroatoms. The van der Waals surface area contributed by atoms with Gasteiger partial charge in [0.2, 0.25) is 0 Å². The second-order valence-electron chi connectivity index (χ2n) is 3.91. The highest BCUT2D eigenvalue weighted by atomic mass is 32.2. The van der Waals surface area contributed by atoms with Gasteiger partial charge < -0.3 is 10.1 Å². The van der Waals surface area contributed by atoms with E-state index in [1.807, 2.05) is 54.8 Å². The van der Waals surface area contributed by atoms with E-state index in [4.69, 9.17) is 4.74 Å². The zero-order valence-corrected chi connectivity index (χ0v) is 11.7. The van der Waals surface area contributed by atoms with Crippen LogP contribution in [0.25, 0.3) is 0 Å². The molecule has 1 amide bonds. The SMILES string of the molecule is COc1ccc(NC(=O)c2ccc(SC)cc2)cc1. The average molecular weight is 273 g/mol. The Hall–Kier alpha value is -1.94. The lowest BCUT2D eigenvalue weighted by Gasteiger charge is -2.06. The maximum atomic E-state index is 12.0. The maximum Gasteiger partial charge on any atom is 0.255 e. The Kier molecular flexibility index (Phi) is 4.47. The molecule has 2 aromatic carbocycles. The molecule has 0 spiro atoms. The molecule has 3 nitrogen and oxygen atoms in total. The Balaban J connectivity index is 2.06. The summed E-state index contributed by atoms with van der Waals surface area (Å²) >= 11 is 1.65. The molecule has 0 unspecified atom stereocenters. The van der Waals surface area contributed by atoms with E-state index < -0.39 is 0 Å². The second kappa shape index (κ2) is 6.29. The highest BCUT2D eigenvalue weighted by molar-refractivity contribution is 7.98. The van der Waals surface area contributed by atoms with E-state index in [0.717, 1.165) is 16.3 Å². The summed E-state index contributed by atoms with van der Waals surface area (Å²) in [6.45, 7) is 0. The molecule has 0 aliphatic heterocycles. The summed E-state index contributed by atoms with van der Waals surface area (Å²) in [6.07, 6.45) is 2.01. The van der Waals surface area contributed by atoms with Gasteiger partial charge in [-0.3, -0.25) is 4.79 Å². The number of thioether (sulfide) groups is 1. The Morgan fingerprint density at radius 1 is 1.05 bits per heavy atom. The molecule has 0 heterocycles. The number of nitrogens with one attached hydrogen (secondary N) is 1. The minimum atomic E-state index is -0.113. The summed E-state index contributed by atoms with van der Waals surface area (Å²) in [7, 11) is 1.61. The van der Waals surface area contributed by atoms with Crippen LogP contribution < -0.4 is 10.1 Å². The van der Waals surface area contributed by atoms with Crippen LogP contribution in [0.2, 0.25) is 0 Å². The van der Waals surface area contributed by atoms with Gasteiger partial charge in [0.15, 0.2) is 0 Å². The standard InChI is InChI=1S/C15H15NO2S/c1-18-13-7-5-12(6-8-13)16-15(17)11-3-9-14(19-2)10-4-11/h3-10H,1-2H3,(H,16,17). The number of anilines is 1. The number of carbonyl (C=O) groups is 1. The number of amides is 1. The monoisotopic (exact) mass is 273 g/mol. The molecule has 0 saturated carbocycles. The highest BCUT2D eigenvalue weighted by Crippen LogP contribution is 2.18. The molecular weight excluding hydrogens is 258 g/mol. The topological polar surface area (TPSA) is 38.3 Å². The Labute approximate surface area is 117 Å². The van der Waals surface area contributed by atoms with E-state index in [1.165, 1.54) is 0 Å². The van der Waals surface area contributed by atoms with E-state index in [0.29, 0.717) is 5.56 Å². The molecule has 0 radical (unpaired) electrons. The third kappa shape index (κ3) is 3.51. The maximum absolute atomic E-state index is 12.0. The predicted molar refractivity (Wildman–Crippen MR) is 79.2 cm³/mol. The number of methoxy groups -OCH3 is 1. The summed E-state index contributed by atoms with van der Waals surface area (Å²) in [5.74, 6) is 0.653. The normalized spacial score (nSPS) is 10.0. The fourth-order valence-electron chi connectivity index (χ4n) is 1.62. The van der Waals surface area contributed by atoms with Crippen LogP contribution >= 0.6 is 11.8 Å². The lowest BCUT2D eigenvalue weighted by molar-refractivity contribution is 0.102. The molecule has 0 aliphatic carbocycles. The van der Waals surface area contributed by atoms with Crippen LogP contribution in [0.4, 0.5) is 5.69 Å². The zero-order chi connectivity index (χ0) is 13.7. The predicted octanol–water partition coefficient (Wildman–Crippen LogP) is 3.67. The van der Waals surface area contributed by atoms with Gasteiger partial charge in [-0.1, -0.05) is 0 Å². The zero-order valence-electron chi connectivity index (χ0n) is 10.8. The largest absolute Gasteiger partial charge is 0.497 e. The van der Waals surface area contributed by atoms with Gasteiger partial charge >= 0.3 is 0 Å². The van der Waals surface area contributed by atoms with E-state index in [-0.39, 0.29) is 5.91 Å². The molecule has 2 rings (SSSR count). The van der Waals surface area contributed by atoms with Crippen molar-refractivity contribution in [2.45, 2.75) is 4.90 Å². The summed E-state index contributed by atoms with van der Waals surface area (Å²) in [6, 6.07) is 14.8. The number of rotatable bonds is 4. The lowest BCUT2D eigenvalue weighted by atomic mass is 10.2. The minimum absolute atomic E-state index is 0.113. The van der Waals surface area contributed by atoms with E-state index in [2.05, 4.69) is 5.32 Å². The van der Waals surface area contributed by atoms with Gasteiger partial charge in [-0.25, -0.2) is 0 Å². The van der Waals surface area contributed by atoms with Crippen molar-refractivity contribution in [2.75, 3.05) is 18.7 Å². The van der Waals surface area contributed by atoms with E-state index >= 15 is 0 Å².